The summed E-state index contributed by atoms with van der Waals surface area (Å²) in [7, 11) is 0. The van der Waals surface area contributed by atoms with E-state index in [1.54, 1.807) is 0 Å². The predicted octanol–water partition coefficient (Wildman–Crippen LogP) is 2.67. The van der Waals surface area contributed by atoms with Crippen molar-refractivity contribution < 1.29 is 5.11 Å². The van der Waals surface area contributed by atoms with Crippen molar-refractivity contribution >= 4 is 22.6 Å². The van der Waals surface area contributed by atoms with Gasteiger partial charge in [-0.15, -0.1) is 0 Å². The summed E-state index contributed by atoms with van der Waals surface area (Å²) in [4.78, 5) is 4.44. The Bertz CT molecular complexity index is 665. The Balaban J connectivity index is 1.75. The molecule has 0 bridgehead atoms. The van der Waals surface area contributed by atoms with Gasteiger partial charge in [-0.3, -0.25) is 0 Å². The van der Waals surface area contributed by atoms with Gasteiger partial charge in [0.25, 0.3) is 0 Å². The van der Waals surface area contributed by atoms with Crippen LogP contribution < -0.4 is 5.32 Å². The van der Waals surface area contributed by atoms with Crippen LogP contribution in [-0.2, 0) is 6.54 Å². The zero-order valence-electron chi connectivity index (χ0n) is 12.1. The van der Waals surface area contributed by atoms with E-state index in [4.69, 9.17) is 11.6 Å². The maximum absolute atomic E-state index is 9.92. The first-order chi connectivity index (χ1) is 10.2. The number of nitrogens with one attached hydrogen (secondary N) is 1. The van der Waals surface area contributed by atoms with Crippen LogP contribution in [-0.4, -0.2) is 33.3 Å². The van der Waals surface area contributed by atoms with Crippen LogP contribution in [0.25, 0.3) is 11.0 Å². The smallest absolute Gasteiger partial charge is 0.0961 e. The van der Waals surface area contributed by atoms with E-state index in [2.05, 4.69) is 27.0 Å². The number of aryl methyl sites for hydroxylation is 1. The molecule has 2 heterocycles. The minimum absolute atomic E-state index is 0.0599. The fourth-order valence-corrected chi connectivity index (χ4v) is 2.96. The van der Waals surface area contributed by atoms with Gasteiger partial charge in [0.1, 0.15) is 0 Å². The van der Waals surface area contributed by atoms with Gasteiger partial charge < -0.3 is 15.0 Å². The third kappa shape index (κ3) is 2.98. The lowest BCUT2D eigenvalue weighted by molar-refractivity contribution is 0.115. The number of piperidine rings is 1. The van der Waals surface area contributed by atoms with E-state index in [-0.39, 0.29) is 12.1 Å². The second-order valence-electron chi connectivity index (χ2n) is 5.55. The van der Waals surface area contributed by atoms with E-state index in [0.29, 0.717) is 0 Å². The lowest BCUT2D eigenvalue weighted by Gasteiger charge is -2.26. The standard InChI is InChI=1S/C16H20ClN3O/c1-11-12(17)6-7-14-16(11)19-10-20(14)9-3-4-13-15(21)5-2-8-18-13/h3-4,6-7,10,13,15,18,21H,2,5,8-9H2,1H3/b4-3+. The molecule has 21 heavy (non-hydrogen) atoms. The lowest BCUT2D eigenvalue weighted by atomic mass is 10.0. The zero-order valence-corrected chi connectivity index (χ0v) is 12.8. The minimum Gasteiger partial charge on any atom is -0.391 e. The van der Waals surface area contributed by atoms with Crippen molar-refractivity contribution in [1.29, 1.82) is 0 Å². The number of nitrogens with zero attached hydrogens (tertiary/aromatic N) is 2. The summed E-state index contributed by atoms with van der Waals surface area (Å²) < 4.78 is 2.09. The number of hydrogen-bond donors (Lipinski definition) is 2. The molecule has 2 unspecified atom stereocenters. The molecule has 2 atom stereocenters. The molecule has 3 rings (SSSR count). The van der Waals surface area contributed by atoms with Crippen molar-refractivity contribution in [2.75, 3.05) is 6.54 Å². The van der Waals surface area contributed by atoms with Crippen molar-refractivity contribution in [2.24, 2.45) is 0 Å². The zero-order chi connectivity index (χ0) is 14.8. The SMILES string of the molecule is Cc1c(Cl)ccc2c1ncn2C/C=C/C1NCCCC1O. The molecule has 0 aliphatic carbocycles. The molecule has 5 heteroatoms. The second-order valence-corrected chi connectivity index (χ2v) is 5.96. The van der Waals surface area contributed by atoms with E-state index in [1.165, 1.54) is 0 Å². The normalized spacial score (nSPS) is 23.2. The topological polar surface area (TPSA) is 50.1 Å². The number of rotatable bonds is 3. The van der Waals surface area contributed by atoms with Gasteiger partial charge in [-0.25, -0.2) is 4.98 Å². The number of hydrogen-bond acceptors (Lipinski definition) is 3. The molecule has 0 amide bonds. The molecule has 4 nitrogen and oxygen atoms in total. The Morgan fingerprint density at radius 3 is 3.19 bits per heavy atom. The van der Waals surface area contributed by atoms with Gasteiger partial charge in [0.2, 0.25) is 0 Å². The summed E-state index contributed by atoms with van der Waals surface area (Å²) in [5.41, 5.74) is 3.05. The average molecular weight is 306 g/mol. The van der Waals surface area contributed by atoms with Crippen molar-refractivity contribution in [3.8, 4) is 0 Å². The Morgan fingerprint density at radius 1 is 1.52 bits per heavy atom. The fourth-order valence-electron chi connectivity index (χ4n) is 2.80. The summed E-state index contributed by atoms with van der Waals surface area (Å²) in [6, 6.07) is 3.97. The molecule has 112 valence electrons. The monoisotopic (exact) mass is 305 g/mol. The molecule has 0 spiro atoms. The summed E-state index contributed by atoms with van der Waals surface area (Å²) >= 11 is 6.12. The molecular weight excluding hydrogens is 286 g/mol. The van der Waals surface area contributed by atoms with Crippen LogP contribution >= 0.6 is 11.6 Å². The van der Waals surface area contributed by atoms with E-state index < -0.39 is 0 Å². The Kier molecular flexibility index (Phi) is 4.29. The van der Waals surface area contributed by atoms with E-state index >= 15 is 0 Å². The maximum Gasteiger partial charge on any atom is 0.0961 e. The summed E-state index contributed by atoms with van der Waals surface area (Å²) in [5.74, 6) is 0. The quantitative estimate of drug-likeness (QED) is 0.857. The summed E-state index contributed by atoms with van der Waals surface area (Å²) in [6.45, 7) is 3.69. The van der Waals surface area contributed by atoms with Gasteiger partial charge in [0.15, 0.2) is 0 Å². The van der Waals surface area contributed by atoms with Crippen LogP contribution in [0.4, 0.5) is 0 Å². The summed E-state index contributed by atoms with van der Waals surface area (Å²) in [6.07, 6.45) is 7.60. The van der Waals surface area contributed by atoms with Gasteiger partial charge in [-0.2, -0.15) is 0 Å². The molecular formula is C16H20ClN3O. The number of benzene rings is 1. The number of imidazole rings is 1. The van der Waals surface area contributed by atoms with Gasteiger partial charge in [0, 0.05) is 11.6 Å². The van der Waals surface area contributed by atoms with Crippen LogP contribution in [0.5, 0.6) is 0 Å². The second kappa shape index (κ2) is 6.18. The van der Waals surface area contributed by atoms with Crippen LogP contribution in [0, 0.1) is 6.92 Å². The van der Waals surface area contributed by atoms with Crippen LogP contribution in [0.15, 0.2) is 30.6 Å². The van der Waals surface area contributed by atoms with E-state index in [0.717, 1.165) is 47.6 Å². The largest absolute Gasteiger partial charge is 0.391 e. The molecule has 2 aromatic rings. The van der Waals surface area contributed by atoms with Crippen molar-refractivity contribution in [1.82, 2.24) is 14.9 Å². The highest BCUT2D eigenvalue weighted by Gasteiger charge is 2.19. The van der Waals surface area contributed by atoms with Gasteiger partial charge in [0.05, 0.1) is 29.5 Å². The van der Waals surface area contributed by atoms with Gasteiger partial charge in [-0.05, 0) is 44.0 Å². The molecule has 0 saturated carbocycles. The van der Waals surface area contributed by atoms with E-state index in [9.17, 15) is 5.11 Å². The molecule has 1 aromatic heterocycles. The number of aromatic nitrogens is 2. The highest BCUT2D eigenvalue weighted by molar-refractivity contribution is 6.32. The molecule has 1 aliphatic heterocycles. The van der Waals surface area contributed by atoms with Crippen LogP contribution in [0.2, 0.25) is 5.02 Å². The molecule has 1 aromatic carbocycles. The molecule has 0 radical (unpaired) electrons. The highest BCUT2D eigenvalue weighted by Crippen LogP contribution is 2.24. The highest BCUT2D eigenvalue weighted by atomic mass is 35.5. The first-order valence-electron chi connectivity index (χ1n) is 7.35. The third-order valence-electron chi connectivity index (χ3n) is 4.10. The Morgan fingerprint density at radius 2 is 2.38 bits per heavy atom. The number of aliphatic hydroxyl groups excluding tert-OH is 1. The first kappa shape index (κ1) is 14.6. The van der Waals surface area contributed by atoms with Gasteiger partial charge >= 0.3 is 0 Å². The third-order valence-corrected chi connectivity index (χ3v) is 4.51. The maximum atomic E-state index is 9.92. The molecule has 1 saturated heterocycles. The number of halogens is 1. The predicted molar refractivity (Wildman–Crippen MR) is 85.7 cm³/mol. The lowest BCUT2D eigenvalue weighted by Crippen LogP contribution is -2.43. The van der Waals surface area contributed by atoms with Crippen LogP contribution in [0.1, 0.15) is 18.4 Å². The molecule has 2 N–H and O–H groups in total. The first-order valence-corrected chi connectivity index (χ1v) is 7.72. The Hall–Kier alpha value is -1.36. The van der Waals surface area contributed by atoms with Crippen molar-refractivity contribution in [3.05, 3.63) is 41.2 Å². The molecule has 1 fully saturated rings. The number of fused-ring (bicyclic) bond motifs is 1. The van der Waals surface area contributed by atoms with Crippen LogP contribution in [0.3, 0.4) is 0 Å². The molecule has 1 aliphatic rings. The van der Waals surface area contributed by atoms with Gasteiger partial charge in [-0.1, -0.05) is 23.8 Å². The Labute approximate surface area is 129 Å². The summed E-state index contributed by atoms with van der Waals surface area (Å²) in [5, 5.41) is 14.0. The average Bonchev–Trinajstić information content (AvgIpc) is 2.89. The minimum atomic E-state index is -0.282. The number of allylic oxidation sites excluding steroid dienone is 1. The van der Waals surface area contributed by atoms with Crippen molar-refractivity contribution in [3.63, 3.8) is 0 Å². The van der Waals surface area contributed by atoms with E-state index in [1.807, 2.05) is 25.4 Å². The number of aliphatic hydroxyl groups is 1. The fraction of sp³-hybridized carbons (Fsp3) is 0.438. The van der Waals surface area contributed by atoms with Crippen molar-refractivity contribution in [2.45, 2.75) is 38.5 Å².